The molecule has 2 heteroatoms. The van der Waals surface area contributed by atoms with E-state index < -0.39 is 8.32 Å². The SMILES string of the molecule is C[Si](OCC1CC2C=CC1C2)(c1ccccc1)c1ccccc1. The van der Waals surface area contributed by atoms with Crippen molar-refractivity contribution in [1.29, 1.82) is 0 Å². The van der Waals surface area contributed by atoms with E-state index in [4.69, 9.17) is 4.43 Å². The van der Waals surface area contributed by atoms with Gasteiger partial charge < -0.3 is 4.43 Å². The second-order valence-electron chi connectivity index (χ2n) is 7.12. The molecular weight excluding hydrogens is 296 g/mol. The summed E-state index contributed by atoms with van der Waals surface area (Å²) in [5, 5.41) is 2.73. The van der Waals surface area contributed by atoms with Gasteiger partial charge in [0, 0.05) is 6.61 Å². The second kappa shape index (κ2) is 6.10. The summed E-state index contributed by atoms with van der Waals surface area (Å²) in [6.07, 6.45) is 7.50. The first-order valence-electron chi connectivity index (χ1n) is 8.69. The van der Waals surface area contributed by atoms with Crippen LogP contribution < -0.4 is 10.4 Å². The van der Waals surface area contributed by atoms with E-state index in [2.05, 4.69) is 79.4 Å². The number of fused-ring (bicyclic) bond motifs is 2. The molecule has 3 atom stereocenters. The van der Waals surface area contributed by atoms with Crippen LogP contribution >= 0.6 is 0 Å². The number of hydrogen-bond donors (Lipinski definition) is 0. The number of allylic oxidation sites excluding steroid dienone is 2. The van der Waals surface area contributed by atoms with Gasteiger partial charge in [0.05, 0.1) is 0 Å². The largest absolute Gasteiger partial charge is 0.408 e. The highest BCUT2D eigenvalue weighted by Crippen LogP contribution is 2.43. The second-order valence-corrected chi connectivity index (χ2v) is 10.6. The Kier molecular flexibility index (Phi) is 3.96. The molecule has 2 aromatic rings. The van der Waals surface area contributed by atoms with E-state index in [1.54, 1.807) is 0 Å². The van der Waals surface area contributed by atoms with E-state index in [1.807, 2.05) is 0 Å². The minimum atomic E-state index is -2.12. The van der Waals surface area contributed by atoms with Crippen LogP contribution in [0, 0.1) is 17.8 Å². The molecule has 0 aliphatic heterocycles. The molecule has 0 saturated heterocycles. The average molecular weight is 321 g/mol. The molecule has 2 bridgehead atoms. The van der Waals surface area contributed by atoms with Crippen LogP contribution in [0.2, 0.25) is 6.55 Å². The molecule has 1 fully saturated rings. The Bertz CT molecular complexity index is 640. The first-order chi connectivity index (χ1) is 11.3. The van der Waals surface area contributed by atoms with Crippen molar-refractivity contribution < 1.29 is 4.43 Å². The van der Waals surface area contributed by atoms with Crippen molar-refractivity contribution in [2.45, 2.75) is 19.4 Å². The van der Waals surface area contributed by atoms with Crippen molar-refractivity contribution in [3.05, 3.63) is 72.8 Å². The fourth-order valence-electron chi connectivity index (χ4n) is 4.21. The summed E-state index contributed by atoms with van der Waals surface area (Å²) in [4.78, 5) is 0. The molecule has 23 heavy (non-hydrogen) atoms. The van der Waals surface area contributed by atoms with Crippen molar-refractivity contribution in [3.63, 3.8) is 0 Å². The average Bonchev–Trinajstić information content (AvgIpc) is 3.24. The van der Waals surface area contributed by atoms with Crippen molar-refractivity contribution in [2.24, 2.45) is 17.8 Å². The monoisotopic (exact) mass is 320 g/mol. The Hall–Kier alpha value is -1.64. The lowest BCUT2D eigenvalue weighted by molar-refractivity contribution is 0.227. The van der Waals surface area contributed by atoms with Crippen LogP contribution in [0.5, 0.6) is 0 Å². The normalized spacial score (nSPS) is 25.9. The van der Waals surface area contributed by atoms with Gasteiger partial charge in [-0.25, -0.2) is 0 Å². The van der Waals surface area contributed by atoms with Crippen molar-refractivity contribution >= 4 is 18.7 Å². The van der Waals surface area contributed by atoms with Crippen molar-refractivity contribution in [3.8, 4) is 0 Å². The lowest BCUT2D eigenvalue weighted by atomic mass is 9.95. The highest BCUT2D eigenvalue weighted by atomic mass is 28.4. The minimum absolute atomic E-state index is 0.712. The molecule has 1 nitrogen and oxygen atoms in total. The maximum absolute atomic E-state index is 6.74. The molecule has 0 amide bonds. The molecule has 2 aromatic carbocycles. The number of hydrogen-bond acceptors (Lipinski definition) is 1. The quantitative estimate of drug-likeness (QED) is 0.604. The third-order valence-corrected chi connectivity index (χ3v) is 9.27. The Labute approximate surface area is 140 Å². The highest BCUT2D eigenvalue weighted by Gasteiger charge is 2.39. The molecular formula is C21H24OSi. The van der Waals surface area contributed by atoms with Gasteiger partial charge in [-0.2, -0.15) is 0 Å². The zero-order chi connectivity index (χ0) is 15.7. The zero-order valence-electron chi connectivity index (χ0n) is 13.7. The summed E-state index contributed by atoms with van der Waals surface area (Å²) >= 11 is 0. The van der Waals surface area contributed by atoms with E-state index >= 15 is 0 Å². The summed E-state index contributed by atoms with van der Waals surface area (Å²) in [6.45, 7) is 3.25. The van der Waals surface area contributed by atoms with Gasteiger partial charge in [0.15, 0.2) is 0 Å². The van der Waals surface area contributed by atoms with Gasteiger partial charge in [-0.15, -0.1) is 0 Å². The van der Waals surface area contributed by atoms with E-state index in [0.29, 0.717) is 5.92 Å². The maximum atomic E-state index is 6.74. The summed E-state index contributed by atoms with van der Waals surface area (Å²) < 4.78 is 6.74. The van der Waals surface area contributed by atoms with Crippen LogP contribution in [-0.4, -0.2) is 14.9 Å². The smallest absolute Gasteiger partial charge is 0.252 e. The Balaban J connectivity index is 1.59. The Morgan fingerprint density at radius 2 is 1.48 bits per heavy atom. The van der Waals surface area contributed by atoms with Gasteiger partial charge in [0.2, 0.25) is 0 Å². The Morgan fingerprint density at radius 1 is 0.870 bits per heavy atom. The maximum Gasteiger partial charge on any atom is 0.252 e. The van der Waals surface area contributed by atoms with E-state index in [0.717, 1.165) is 18.4 Å². The fraction of sp³-hybridized carbons (Fsp3) is 0.333. The van der Waals surface area contributed by atoms with Crippen LogP contribution in [0.1, 0.15) is 12.8 Å². The topological polar surface area (TPSA) is 9.23 Å². The third-order valence-electron chi connectivity index (χ3n) is 5.65. The minimum Gasteiger partial charge on any atom is -0.408 e. The molecule has 0 radical (unpaired) electrons. The van der Waals surface area contributed by atoms with Gasteiger partial charge in [0.1, 0.15) is 0 Å². The van der Waals surface area contributed by atoms with Gasteiger partial charge in [-0.1, -0.05) is 72.8 Å². The lowest BCUT2D eigenvalue weighted by Gasteiger charge is -2.31. The summed E-state index contributed by atoms with van der Waals surface area (Å²) in [5.41, 5.74) is 0. The predicted molar refractivity (Wildman–Crippen MR) is 98.6 cm³/mol. The van der Waals surface area contributed by atoms with Crippen LogP contribution in [0.15, 0.2) is 72.8 Å². The van der Waals surface area contributed by atoms with Crippen LogP contribution in [0.3, 0.4) is 0 Å². The predicted octanol–water partition coefficient (Wildman–Crippen LogP) is 3.60. The fourth-order valence-corrected chi connectivity index (χ4v) is 7.08. The van der Waals surface area contributed by atoms with E-state index in [1.165, 1.54) is 23.2 Å². The molecule has 4 rings (SSSR count). The molecule has 0 N–H and O–H groups in total. The van der Waals surface area contributed by atoms with E-state index in [-0.39, 0.29) is 0 Å². The lowest BCUT2D eigenvalue weighted by Crippen LogP contribution is -2.58. The summed E-state index contributed by atoms with van der Waals surface area (Å²) in [7, 11) is -2.12. The zero-order valence-corrected chi connectivity index (χ0v) is 14.7. The van der Waals surface area contributed by atoms with Crippen molar-refractivity contribution in [2.75, 3.05) is 6.61 Å². The molecule has 0 aromatic heterocycles. The van der Waals surface area contributed by atoms with E-state index in [9.17, 15) is 0 Å². The van der Waals surface area contributed by atoms with Crippen molar-refractivity contribution in [1.82, 2.24) is 0 Å². The third kappa shape index (κ3) is 2.82. The van der Waals surface area contributed by atoms with Gasteiger partial charge in [-0.05, 0) is 47.5 Å². The highest BCUT2D eigenvalue weighted by molar-refractivity contribution is 6.96. The van der Waals surface area contributed by atoms with Gasteiger partial charge in [0.25, 0.3) is 8.32 Å². The molecule has 2 aliphatic carbocycles. The molecule has 118 valence electrons. The summed E-state index contributed by atoms with van der Waals surface area (Å²) in [6, 6.07) is 21.6. The molecule has 2 aliphatic rings. The number of benzene rings is 2. The van der Waals surface area contributed by atoms with Gasteiger partial charge >= 0.3 is 0 Å². The first kappa shape index (κ1) is 14.9. The standard InChI is InChI=1S/C21H24OSi/c1-23(20-8-4-2-5-9-20,21-10-6-3-7-11-21)22-16-19-15-17-12-13-18(19)14-17/h2-13,17-19H,14-16H2,1H3. The number of rotatable bonds is 5. The van der Waals surface area contributed by atoms with Crippen LogP contribution in [-0.2, 0) is 4.43 Å². The first-order valence-corrected chi connectivity index (χ1v) is 11.1. The molecule has 1 saturated carbocycles. The Morgan fingerprint density at radius 3 is 1.96 bits per heavy atom. The van der Waals surface area contributed by atoms with Crippen LogP contribution in [0.25, 0.3) is 0 Å². The summed E-state index contributed by atoms with van der Waals surface area (Å²) in [5.74, 6) is 2.28. The molecule has 0 spiro atoms. The van der Waals surface area contributed by atoms with Crippen LogP contribution in [0.4, 0.5) is 0 Å². The van der Waals surface area contributed by atoms with Gasteiger partial charge in [-0.3, -0.25) is 0 Å². The molecule has 3 unspecified atom stereocenters. The molecule has 0 heterocycles.